The van der Waals surface area contributed by atoms with Gasteiger partial charge in [0.15, 0.2) is 0 Å². The van der Waals surface area contributed by atoms with Gasteiger partial charge in [-0.15, -0.1) is 0 Å². The van der Waals surface area contributed by atoms with Gasteiger partial charge in [0, 0.05) is 0 Å². The second-order valence-corrected chi connectivity index (χ2v) is 1.03. The fourth-order valence-corrected chi connectivity index (χ4v) is 0.256. The smallest absolute Gasteiger partial charge is 0.233 e. The van der Waals surface area contributed by atoms with Crippen LogP contribution in [-0.4, -0.2) is 9.97 Å². The first-order valence-electron chi connectivity index (χ1n) is 2.77. The van der Waals surface area contributed by atoms with Gasteiger partial charge in [-0.2, -0.15) is 13.8 Å². The fraction of sp³-hybridized carbons (Fsp3) is 0. The Kier molecular flexibility index (Phi) is 0.695. The van der Waals surface area contributed by atoms with Crippen LogP contribution in [0.4, 0.5) is 8.78 Å². The zero-order valence-corrected chi connectivity index (χ0v) is 3.65. The molecule has 0 amide bonds. The molecule has 0 radical (unpaired) electrons. The molecule has 42 valence electrons. The van der Waals surface area contributed by atoms with Crippen LogP contribution in [0.5, 0.6) is 0 Å². The van der Waals surface area contributed by atoms with Crippen molar-refractivity contribution in [2.45, 2.75) is 0 Å². The van der Waals surface area contributed by atoms with Gasteiger partial charge in [0.25, 0.3) is 0 Å². The van der Waals surface area contributed by atoms with E-state index < -0.39 is 24.2 Å². The molecule has 0 aromatic carbocycles. The third-order valence-corrected chi connectivity index (χ3v) is 0.493. The second kappa shape index (κ2) is 1.81. The van der Waals surface area contributed by atoms with Crippen LogP contribution in [0.15, 0.2) is 12.3 Å². The Labute approximate surface area is 47.0 Å². The number of hydrogen-bond acceptors (Lipinski definition) is 2. The zero-order chi connectivity index (χ0) is 7.72. The molecule has 0 spiro atoms. The number of nitrogens with zero attached hydrogens (tertiary/aromatic N) is 2. The molecule has 0 aliphatic carbocycles. The highest BCUT2D eigenvalue weighted by Crippen LogP contribution is 1.89. The third-order valence-electron chi connectivity index (χ3n) is 0.493. The van der Waals surface area contributed by atoms with Gasteiger partial charge in [0.2, 0.25) is 11.9 Å². The highest BCUT2D eigenvalue weighted by atomic mass is 19.1. The zero-order valence-electron chi connectivity index (χ0n) is 5.65. The van der Waals surface area contributed by atoms with Crippen LogP contribution in [0.25, 0.3) is 0 Å². The minimum Gasteiger partial charge on any atom is -0.255 e. The van der Waals surface area contributed by atoms with Gasteiger partial charge in [-0.1, -0.05) is 0 Å². The van der Waals surface area contributed by atoms with E-state index in [1.54, 1.807) is 0 Å². The van der Waals surface area contributed by atoms with Crippen LogP contribution in [0.2, 0.25) is 0 Å². The van der Waals surface area contributed by atoms with Crippen molar-refractivity contribution in [3.63, 3.8) is 0 Å². The van der Waals surface area contributed by atoms with Crippen molar-refractivity contribution < 1.29 is 11.5 Å². The molecule has 8 heavy (non-hydrogen) atoms. The summed E-state index contributed by atoms with van der Waals surface area (Å²) in [5, 5.41) is 0. The molecule has 0 saturated carbocycles. The van der Waals surface area contributed by atoms with Crippen molar-refractivity contribution in [3.05, 3.63) is 24.2 Å². The fourth-order valence-electron chi connectivity index (χ4n) is 0.256. The van der Waals surface area contributed by atoms with E-state index in [9.17, 15) is 8.78 Å². The molecular weight excluding hydrogens is 114 g/mol. The van der Waals surface area contributed by atoms with E-state index in [1.165, 1.54) is 0 Å². The van der Waals surface area contributed by atoms with Crippen molar-refractivity contribution in [2.24, 2.45) is 0 Å². The SMILES string of the molecule is [2H]c1nc([2H])c(F)nc1F. The number of rotatable bonds is 0. The van der Waals surface area contributed by atoms with Gasteiger partial charge < -0.3 is 0 Å². The summed E-state index contributed by atoms with van der Waals surface area (Å²) in [6, 6.07) is 0. The lowest BCUT2D eigenvalue weighted by Gasteiger charge is -1.82. The van der Waals surface area contributed by atoms with Crippen LogP contribution in [-0.2, 0) is 0 Å². The lowest BCUT2D eigenvalue weighted by molar-refractivity contribution is 0.503. The average molecular weight is 118 g/mol. The lowest BCUT2D eigenvalue weighted by Crippen LogP contribution is -1.87. The minimum absolute atomic E-state index is 0.814. The van der Waals surface area contributed by atoms with Gasteiger partial charge in [-0.25, -0.2) is 0 Å². The minimum atomic E-state index is -1.30. The Morgan fingerprint density at radius 2 is 1.88 bits per heavy atom. The predicted molar refractivity (Wildman–Crippen MR) is 21.9 cm³/mol. The quantitative estimate of drug-likeness (QED) is 0.502. The maximum atomic E-state index is 12.1. The van der Waals surface area contributed by atoms with Gasteiger partial charge in [-0.05, 0) is 0 Å². The Balaban J connectivity index is 3.28. The normalized spacial score (nSPS) is 12.8. The molecule has 0 saturated heterocycles. The van der Waals surface area contributed by atoms with E-state index in [0.717, 1.165) is 0 Å². The van der Waals surface area contributed by atoms with Crippen molar-refractivity contribution in [2.75, 3.05) is 0 Å². The van der Waals surface area contributed by atoms with Gasteiger partial charge in [-0.3, -0.25) is 4.98 Å². The summed E-state index contributed by atoms with van der Waals surface area (Å²) >= 11 is 0. The first kappa shape index (κ1) is 3.06. The predicted octanol–water partition coefficient (Wildman–Crippen LogP) is 0.755. The number of aromatic nitrogens is 2. The molecule has 0 N–H and O–H groups in total. The van der Waals surface area contributed by atoms with Gasteiger partial charge in [0.1, 0.15) is 0 Å². The molecule has 1 rings (SSSR count). The van der Waals surface area contributed by atoms with E-state index in [4.69, 9.17) is 2.74 Å². The first-order valence-corrected chi connectivity index (χ1v) is 1.77. The number of halogens is 2. The summed E-state index contributed by atoms with van der Waals surface area (Å²) in [4.78, 5) is 5.50. The van der Waals surface area contributed by atoms with E-state index in [1.807, 2.05) is 0 Å². The topological polar surface area (TPSA) is 25.8 Å². The van der Waals surface area contributed by atoms with E-state index >= 15 is 0 Å². The van der Waals surface area contributed by atoms with Gasteiger partial charge >= 0.3 is 0 Å². The highest BCUT2D eigenvalue weighted by Gasteiger charge is 1.91. The summed E-state index contributed by atoms with van der Waals surface area (Å²) in [7, 11) is 0. The monoisotopic (exact) mass is 118 g/mol. The van der Waals surface area contributed by atoms with Crippen LogP contribution in [0.3, 0.4) is 0 Å². The molecule has 0 aliphatic rings. The Morgan fingerprint density at radius 1 is 1.38 bits per heavy atom. The summed E-state index contributed by atoms with van der Waals surface area (Å²) in [6.45, 7) is 0. The summed E-state index contributed by atoms with van der Waals surface area (Å²) in [6.07, 6.45) is -1.63. The van der Waals surface area contributed by atoms with Crippen LogP contribution >= 0.6 is 0 Å². The van der Waals surface area contributed by atoms with Crippen molar-refractivity contribution in [1.82, 2.24) is 9.97 Å². The van der Waals surface area contributed by atoms with Crippen molar-refractivity contribution in [1.29, 1.82) is 0 Å². The number of hydrogen-bond donors (Lipinski definition) is 0. The molecule has 0 aliphatic heterocycles. The second-order valence-electron chi connectivity index (χ2n) is 1.03. The summed E-state index contributed by atoms with van der Waals surface area (Å²) in [5.74, 6) is -2.60. The summed E-state index contributed by atoms with van der Waals surface area (Å²) in [5.41, 5.74) is 0. The molecule has 1 aromatic heterocycles. The Hall–Kier alpha value is -1.06. The summed E-state index contributed by atoms with van der Waals surface area (Å²) < 4.78 is 37.4. The van der Waals surface area contributed by atoms with Crippen molar-refractivity contribution >= 4 is 0 Å². The van der Waals surface area contributed by atoms with Crippen LogP contribution < -0.4 is 0 Å². The standard InChI is InChI=1S/C4H2F2N2/c5-3-1-7-2-4(6)8-3/h1-2H/i1D,2D. The van der Waals surface area contributed by atoms with Crippen LogP contribution in [0, 0.1) is 11.9 Å². The molecule has 1 heterocycles. The van der Waals surface area contributed by atoms with E-state index in [0.29, 0.717) is 0 Å². The van der Waals surface area contributed by atoms with E-state index in [2.05, 4.69) is 9.97 Å². The highest BCUT2D eigenvalue weighted by molar-refractivity contribution is 4.78. The average Bonchev–Trinajstić information content (AvgIpc) is 1.84. The molecule has 2 nitrogen and oxygen atoms in total. The largest absolute Gasteiger partial charge is 0.255 e. The first-order chi connectivity index (χ1) is 4.61. The molecule has 0 atom stereocenters. The molecule has 0 unspecified atom stereocenters. The Morgan fingerprint density at radius 3 is 2.25 bits per heavy atom. The maximum Gasteiger partial charge on any atom is 0.233 e. The Bertz CT molecular complexity index is 215. The maximum absolute atomic E-state index is 12.1. The van der Waals surface area contributed by atoms with Crippen molar-refractivity contribution in [3.8, 4) is 0 Å². The van der Waals surface area contributed by atoms with Crippen LogP contribution in [0.1, 0.15) is 2.74 Å². The van der Waals surface area contributed by atoms with Gasteiger partial charge in [0.05, 0.1) is 15.1 Å². The van der Waals surface area contributed by atoms with E-state index in [-0.39, 0.29) is 0 Å². The lowest BCUT2D eigenvalue weighted by atomic mass is 10.7. The molecular formula is C4H2F2N2. The third kappa shape index (κ3) is 0.959. The molecule has 1 aromatic rings. The molecule has 0 fully saturated rings. The molecule has 0 bridgehead atoms. The molecule has 4 heteroatoms.